The Morgan fingerprint density at radius 1 is 1.18 bits per heavy atom. The molecular weight excluding hydrogens is 281 g/mol. The standard InChI is InChI=1S/C17H20FN3O/c1-20(2)14-7-4-6-13(12-14)9-10-16(22)21(3)17-15(18)8-5-11-19-17/h4-8,11-12H,9-10H2,1-3H3. The van der Waals surface area contributed by atoms with Crippen molar-refractivity contribution in [2.75, 3.05) is 30.9 Å². The second-order valence-electron chi connectivity index (χ2n) is 5.33. The topological polar surface area (TPSA) is 36.4 Å². The second kappa shape index (κ2) is 7.02. The molecule has 0 unspecified atom stereocenters. The smallest absolute Gasteiger partial charge is 0.228 e. The first-order valence-electron chi connectivity index (χ1n) is 7.12. The Morgan fingerprint density at radius 2 is 1.95 bits per heavy atom. The highest BCUT2D eigenvalue weighted by Gasteiger charge is 2.15. The van der Waals surface area contributed by atoms with Gasteiger partial charge in [0.1, 0.15) is 0 Å². The van der Waals surface area contributed by atoms with Crippen LogP contribution in [0.5, 0.6) is 0 Å². The summed E-state index contributed by atoms with van der Waals surface area (Å²) in [5.74, 6) is -0.588. The fourth-order valence-electron chi connectivity index (χ4n) is 2.15. The summed E-state index contributed by atoms with van der Waals surface area (Å²) < 4.78 is 13.6. The van der Waals surface area contributed by atoms with E-state index in [1.807, 2.05) is 37.2 Å². The van der Waals surface area contributed by atoms with E-state index >= 15 is 0 Å². The number of pyridine rings is 1. The number of hydrogen-bond acceptors (Lipinski definition) is 3. The third-order valence-corrected chi connectivity index (χ3v) is 3.49. The van der Waals surface area contributed by atoms with E-state index < -0.39 is 5.82 Å². The Bertz CT molecular complexity index is 658. The first-order valence-corrected chi connectivity index (χ1v) is 7.12. The van der Waals surface area contributed by atoms with E-state index in [1.54, 1.807) is 7.05 Å². The van der Waals surface area contributed by atoms with Crippen LogP contribution < -0.4 is 9.80 Å². The van der Waals surface area contributed by atoms with Crippen LogP contribution in [0.1, 0.15) is 12.0 Å². The number of nitrogens with zero attached hydrogens (tertiary/aromatic N) is 3. The predicted molar refractivity (Wildman–Crippen MR) is 86.7 cm³/mol. The molecule has 0 radical (unpaired) electrons. The predicted octanol–water partition coefficient (Wildman–Crippen LogP) is 2.88. The minimum atomic E-state index is -0.493. The Balaban J connectivity index is 2.01. The molecule has 2 rings (SSSR count). The summed E-state index contributed by atoms with van der Waals surface area (Å²) in [6.45, 7) is 0. The van der Waals surface area contributed by atoms with Crippen molar-refractivity contribution >= 4 is 17.4 Å². The Hall–Kier alpha value is -2.43. The quantitative estimate of drug-likeness (QED) is 0.852. The largest absolute Gasteiger partial charge is 0.378 e. The molecule has 4 nitrogen and oxygen atoms in total. The molecule has 5 heteroatoms. The molecule has 2 aromatic rings. The molecule has 0 aliphatic rings. The monoisotopic (exact) mass is 301 g/mol. The van der Waals surface area contributed by atoms with Gasteiger partial charge in [0.15, 0.2) is 11.6 Å². The average Bonchev–Trinajstić information content (AvgIpc) is 2.52. The van der Waals surface area contributed by atoms with Crippen molar-refractivity contribution in [2.45, 2.75) is 12.8 Å². The first-order chi connectivity index (χ1) is 10.5. The fraction of sp³-hybridized carbons (Fsp3) is 0.294. The van der Waals surface area contributed by atoms with Gasteiger partial charge in [0.05, 0.1) is 0 Å². The van der Waals surface area contributed by atoms with E-state index in [1.165, 1.54) is 23.2 Å². The third kappa shape index (κ3) is 3.81. The highest BCUT2D eigenvalue weighted by molar-refractivity contribution is 5.92. The summed E-state index contributed by atoms with van der Waals surface area (Å²) in [7, 11) is 5.49. The van der Waals surface area contributed by atoms with Crippen LogP contribution in [0, 0.1) is 5.82 Å². The van der Waals surface area contributed by atoms with Crippen molar-refractivity contribution in [3.63, 3.8) is 0 Å². The molecule has 0 fully saturated rings. The van der Waals surface area contributed by atoms with E-state index in [4.69, 9.17) is 0 Å². The number of aryl methyl sites for hydroxylation is 1. The molecule has 1 aromatic carbocycles. The zero-order chi connectivity index (χ0) is 16.1. The van der Waals surface area contributed by atoms with Crippen molar-refractivity contribution in [3.8, 4) is 0 Å². The summed E-state index contributed by atoms with van der Waals surface area (Å²) in [5, 5.41) is 0. The Kier molecular flexibility index (Phi) is 5.09. The van der Waals surface area contributed by atoms with Gasteiger partial charge in [-0.15, -0.1) is 0 Å². The van der Waals surface area contributed by atoms with Crippen molar-refractivity contribution in [1.29, 1.82) is 0 Å². The molecule has 0 spiro atoms. The number of carbonyl (C=O) groups is 1. The van der Waals surface area contributed by atoms with E-state index in [0.29, 0.717) is 12.8 Å². The highest BCUT2D eigenvalue weighted by atomic mass is 19.1. The van der Waals surface area contributed by atoms with Gasteiger partial charge in [-0.05, 0) is 36.2 Å². The maximum atomic E-state index is 13.6. The van der Waals surface area contributed by atoms with Crippen LogP contribution in [-0.4, -0.2) is 32.0 Å². The fourth-order valence-corrected chi connectivity index (χ4v) is 2.15. The van der Waals surface area contributed by atoms with Crippen LogP contribution in [0.2, 0.25) is 0 Å². The maximum Gasteiger partial charge on any atom is 0.228 e. The molecule has 0 aliphatic carbocycles. The number of anilines is 2. The number of halogens is 1. The zero-order valence-corrected chi connectivity index (χ0v) is 13.1. The molecule has 1 amide bonds. The normalized spacial score (nSPS) is 10.4. The molecule has 116 valence electrons. The van der Waals surface area contributed by atoms with Gasteiger partial charge in [-0.25, -0.2) is 9.37 Å². The highest BCUT2D eigenvalue weighted by Crippen LogP contribution is 2.17. The Morgan fingerprint density at radius 3 is 2.64 bits per heavy atom. The first kappa shape index (κ1) is 15.9. The van der Waals surface area contributed by atoms with Crippen LogP contribution >= 0.6 is 0 Å². The molecule has 0 saturated carbocycles. The van der Waals surface area contributed by atoms with Gasteiger partial charge in [-0.2, -0.15) is 0 Å². The number of hydrogen-bond donors (Lipinski definition) is 0. The van der Waals surface area contributed by atoms with Crippen molar-refractivity contribution in [1.82, 2.24) is 4.98 Å². The van der Waals surface area contributed by atoms with Gasteiger partial charge in [-0.1, -0.05) is 12.1 Å². The molecule has 0 atom stereocenters. The molecule has 0 bridgehead atoms. The van der Waals surface area contributed by atoms with Gasteiger partial charge < -0.3 is 4.90 Å². The number of rotatable bonds is 5. The minimum absolute atomic E-state index is 0.0644. The minimum Gasteiger partial charge on any atom is -0.378 e. The van der Waals surface area contributed by atoms with E-state index in [2.05, 4.69) is 11.1 Å². The molecule has 0 N–H and O–H groups in total. The lowest BCUT2D eigenvalue weighted by Crippen LogP contribution is -2.28. The third-order valence-electron chi connectivity index (χ3n) is 3.49. The van der Waals surface area contributed by atoms with Crippen molar-refractivity contribution < 1.29 is 9.18 Å². The SMILES string of the molecule is CN(C)c1cccc(CCC(=O)N(C)c2ncccc2F)c1. The number of carbonyl (C=O) groups excluding carboxylic acids is 1. The number of benzene rings is 1. The number of aromatic nitrogens is 1. The van der Waals surface area contributed by atoms with Crippen LogP contribution in [0.25, 0.3) is 0 Å². The van der Waals surface area contributed by atoms with Gasteiger partial charge >= 0.3 is 0 Å². The Labute approximate surface area is 130 Å². The molecular formula is C17H20FN3O. The van der Waals surface area contributed by atoms with E-state index in [9.17, 15) is 9.18 Å². The summed E-state index contributed by atoms with van der Waals surface area (Å²) in [4.78, 5) is 19.4. The lowest BCUT2D eigenvalue weighted by atomic mass is 10.1. The van der Waals surface area contributed by atoms with Crippen molar-refractivity contribution in [3.05, 3.63) is 54.0 Å². The van der Waals surface area contributed by atoms with Gasteiger partial charge in [0.2, 0.25) is 5.91 Å². The lowest BCUT2D eigenvalue weighted by Gasteiger charge is -2.17. The summed E-state index contributed by atoms with van der Waals surface area (Å²) in [6, 6.07) is 10.8. The molecule has 1 aromatic heterocycles. The van der Waals surface area contributed by atoms with Crippen molar-refractivity contribution in [2.24, 2.45) is 0 Å². The zero-order valence-electron chi connectivity index (χ0n) is 13.1. The van der Waals surface area contributed by atoms with Crippen LogP contribution in [0.3, 0.4) is 0 Å². The molecule has 0 saturated heterocycles. The van der Waals surface area contributed by atoms with E-state index in [-0.39, 0.29) is 11.7 Å². The van der Waals surface area contributed by atoms with Crippen LogP contribution in [0.15, 0.2) is 42.6 Å². The number of amides is 1. The van der Waals surface area contributed by atoms with Gasteiger partial charge in [0.25, 0.3) is 0 Å². The average molecular weight is 301 g/mol. The molecule has 22 heavy (non-hydrogen) atoms. The summed E-state index contributed by atoms with van der Waals surface area (Å²) >= 11 is 0. The molecule has 0 aliphatic heterocycles. The van der Waals surface area contributed by atoms with E-state index in [0.717, 1.165) is 11.3 Å². The maximum absolute atomic E-state index is 13.6. The summed E-state index contributed by atoms with van der Waals surface area (Å²) in [6.07, 6.45) is 2.39. The summed E-state index contributed by atoms with van der Waals surface area (Å²) in [5.41, 5.74) is 2.17. The van der Waals surface area contributed by atoms with Gasteiger partial charge in [-0.3, -0.25) is 9.69 Å². The van der Waals surface area contributed by atoms with Gasteiger partial charge in [0, 0.05) is 39.4 Å². The molecule has 1 heterocycles. The van der Waals surface area contributed by atoms with Crippen LogP contribution in [-0.2, 0) is 11.2 Å². The second-order valence-corrected chi connectivity index (χ2v) is 5.33. The lowest BCUT2D eigenvalue weighted by molar-refractivity contribution is -0.118. The van der Waals surface area contributed by atoms with Crippen LogP contribution in [0.4, 0.5) is 15.9 Å².